The van der Waals surface area contributed by atoms with Crippen LogP contribution in [0.15, 0.2) is 30.3 Å². The Balaban J connectivity index is 2.07. The third-order valence-corrected chi connectivity index (χ3v) is 4.03. The number of hydrogen-bond acceptors (Lipinski definition) is 5. The highest BCUT2D eigenvalue weighted by Gasteiger charge is 2.35. The van der Waals surface area contributed by atoms with Crippen LogP contribution in [0.25, 0.3) is 0 Å². The Morgan fingerprint density at radius 2 is 1.92 bits per heavy atom. The van der Waals surface area contributed by atoms with Crippen molar-refractivity contribution in [1.29, 1.82) is 0 Å². The highest BCUT2D eigenvalue weighted by molar-refractivity contribution is 6.04. The standard InChI is InChI=1S/C18H21NO5/c1-2-24-18(23)13(10-15(20)12-6-4-3-5-7-12)11-16(21)14-8-9-19-17(14)22/h3-7,13-14H,2,8-11H2,1H3,(H,19,22)/t13-,14?/m0/s1. The van der Waals surface area contributed by atoms with Crippen LogP contribution in [0.3, 0.4) is 0 Å². The molecule has 1 saturated heterocycles. The summed E-state index contributed by atoms with van der Waals surface area (Å²) in [4.78, 5) is 48.4. The number of carbonyl (C=O) groups excluding carboxylic acids is 4. The average molecular weight is 331 g/mol. The number of hydrogen-bond donors (Lipinski definition) is 1. The van der Waals surface area contributed by atoms with Crippen LogP contribution in [0.2, 0.25) is 0 Å². The second kappa shape index (κ2) is 8.38. The van der Waals surface area contributed by atoms with Crippen molar-refractivity contribution < 1.29 is 23.9 Å². The first-order valence-electron chi connectivity index (χ1n) is 8.08. The van der Waals surface area contributed by atoms with Crippen molar-refractivity contribution in [2.45, 2.75) is 26.2 Å². The summed E-state index contributed by atoms with van der Waals surface area (Å²) in [5.74, 6) is -3.01. The zero-order valence-corrected chi connectivity index (χ0v) is 13.6. The van der Waals surface area contributed by atoms with Crippen molar-refractivity contribution in [3.63, 3.8) is 0 Å². The maximum atomic E-state index is 12.3. The van der Waals surface area contributed by atoms with Crippen LogP contribution in [0.4, 0.5) is 0 Å². The maximum absolute atomic E-state index is 12.3. The van der Waals surface area contributed by atoms with Gasteiger partial charge in [0.05, 0.1) is 18.4 Å². The number of rotatable bonds is 8. The molecule has 24 heavy (non-hydrogen) atoms. The van der Waals surface area contributed by atoms with E-state index < -0.39 is 17.8 Å². The average Bonchev–Trinajstić information content (AvgIpc) is 3.01. The molecule has 0 aromatic heterocycles. The van der Waals surface area contributed by atoms with Crippen molar-refractivity contribution in [2.75, 3.05) is 13.2 Å². The molecule has 1 amide bonds. The minimum atomic E-state index is -0.862. The van der Waals surface area contributed by atoms with Crippen molar-refractivity contribution >= 4 is 23.4 Å². The van der Waals surface area contributed by atoms with Gasteiger partial charge in [-0.1, -0.05) is 30.3 Å². The van der Waals surface area contributed by atoms with Gasteiger partial charge in [0.15, 0.2) is 5.78 Å². The number of carbonyl (C=O) groups is 4. The Hall–Kier alpha value is -2.50. The molecule has 1 N–H and O–H groups in total. The van der Waals surface area contributed by atoms with Crippen LogP contribution in [0.5, 0.6) is 0 Å². The van der Waals surface area contributed by atoms with E-state index in [4.69, 9.17) is 4.74 Å². The quantitative estimate of drug-likeness (QED) is 0.443. The smallest absolute Gasteiger partial charge is 0.309 e. The third-order valence-electron chi connectivity index (χ3n) is 4.03. The summed E-state index contributed by atoms with van der Waals surface area (Å²) in [6.45, 7) is 2.30. The summed E-state index contributed by atoms with van der Waals surface area (Å²) in [6, 6.07) is 8.59. The van der Waals surface area contributed by atoms with Gasteiger partial charge >= 0.3 is 5.97 Å². The molecule has 0 aliphatic carbocycles. The lowest BCUT2D eigenvalue weighted by atomic mass is 9.89. The zero-order chi connectivity index (χ0) is 17.5. The van der Waals surface area contributed by atoms with E-state index in [9.17, 15) is 19.2 Å². The second-order valence-corrected chi connectivity index (χ2v) is 5.75. The van der Waals surface area contributed by atoms with Gasteiger partial charge in [-0.05, 0) is 13.3 Å². The normalized spacial score (nSPS) is 17.9. The monoisotopic (exact) mass is 331 g/mol. The molecule has 1 aromatic carbocycles. The predicted molar refractivity (Wildman–Crippen MR) is 86.3 cm³/mol. The Bertz CT molecular complexity index is 626. The first-order chi connectivity index (χ1) is 11.5. The number of ether oxygens (including phenoxy) is 1. The fourth-order valence-electron chi connectivity index (χ4n) is 2.75. The molecular weight excluding hydrogens is 310 g/mol. The Morgan fingerprint density at radius 3 is 2.50 bits per heavy atom. The van der Waals surface area contributed by atoms with E-state index in [0.29, 0.717) is 18.5 Å². The van der Waals surface area contributed by atoms with Gasteiger partial charge in [0.25, 0.3) is 0 Å². The Kier molecular flexibility index (Phi) is 6.23. The minimum Gasteiger partial charge on any atom is -0.466 e. The van der Waals surface area contributed by atoms with E-state index >= 15 is 0 Å². The molecule has 6 heteroatoms. The van der Waals surface area contributed by atoms with Crippen LogP contribution < -0.4 is 5.32 Å². The van der Waals surface area contributed by atoms with Crippen LogP contribution >= 0.6 is 0 Å². The number of benzene rings is 1. The highest BCUT2D eigenvalue weighted by atomic mass is 16.5. The summed E-state index contributed by atoms with van der Waals surface area (Å²) in [5.41, 5.74) is 0.484. The summed E-state index contributed by atoms with van der Waals surface area (Å²) in [7, 11) is 0. The summed E-state index contributed by atoms with van der Waals surface area (Å²) >= 11 is 0. The molecule has 1 fully saturated rings. The van der Waals surface area contributed by atoms with Gasteiger partial charge in [-0.3, -0.25) is 19.2 Å². The summed E-state index contributed by atoms with van der Waals surface area (Å²) in [6.07, 6.45) is 0.165. The van der Waals surface area contributed by atoms with E-state index in [-0.39, 0.29) is 36.9 Å². The van der Waals surface area contributed by atoms with Crippen molar-refractivity contribution in [2.24, 2.45) is 11.8 Å². The van der Waals surface area contributed by atoms with Gasteiger partial charge in [-0.15, -0.1) is 0 Å². The lowest BCUT2D eigenvalue weighted by molar-refractivity contribution is -0.150. The van der Waals surface area contributed by atoms with Gasteiger partial charge in [-0.25, -0.2) is 0 Å². The molecular formula is C18H21NO5. The Morgan fingerprint density at radius 1 is 1.21 bits per heavy atom. The zero-order valence-electron chi connectivity index (χ0n) is 13.6. The highest BCUT2D eigenvalue weighted by Crippen LogP contribution is 2.21. The van der Waals surface area contributed by atoms with Gasteiger partial charge in [0.2, 0.25) is 5.91 Å². The topological polar surface area (TPSA) is 89.5 Å². The lowest BCUT2D eigenvalue weighted by Crippen LogP contribution is -2.30. The molecule has 1 aliphatic heterocycles. The molecule has 1 unspecified atom stereocenters. The van der Waals surface area contributed by atoms with Gasteiger partial charge in [-0.2, -0.15) is 0 Å². The van der Waals surface area contributed by atoms with E-state index in [1.807, 2.05) is 0 Å². The van der Waals surface area contributed by atoms with Crippen LogP contribution in [0, 0.1) is 11.8 Å². The van der Waals surface area contributed by atoms with Crippen LogP contribution in [-0.2, 0) is 19.1 Å². The van der Waals surface area contributed by atoms with E-state index in [0.717, 1.165) is 0 Å². The molecule has 2 atom stereocenters. The molecule has 1 heterocycles. The fraction of sp³-hybridized carbons (Fsp3) is 0.444. The second-order valence-electron chi connectivity index (χ2n) is 5.75. The molecule has 0 spiro atoms. The predicted octanol–water partition coefficient (Wildman–Crippen LogP) is 1.53. The van der Waals surface area contributed by atoms with E-state index in [2.05, 4.69) is 5.32 Å². The molecule has 2 rings (SSSR count). The van der Waals surface area contributed by atoms with Gasteiger partial charge in [0.1, 0.15) is 5.78 Å². The van der Waals surface area contributed by atoms with Crippen molar-refractivity contribution in [1.82, 2.24) is 5.32 Å². The summed E-state index contributed by atoms with van der Waals surface area (Å²) in [5, 5.41) is 2.60. The maximum Gasteiger partial charge on any atom is 0.309 e. The number of nitrogens with one attached hydrogen (secondary N) is 1. The lowest BCUT2D eigenvalue weighted by Gasteiger charge is -2.16. The fourth-order valence-corrected chi connectivity index (χ4v) is 2.75. The molecule has 0 bridgehead atoms. The molecule has 0 saturated carbocycles. The number of esters is 1. The van der Waals surface area contributed by atoms with Gasteiger partial charge in [0, 0.05) is 24.9 Å². The molecule has 1 aromatic rings. The molecule has 0 radical (unpaired) electrons. The van der Waals surface area contributed by atoms with Crippen LogP contribution in [-0.4, -0.2) is 36.6 Å². The summed E-state index contributed by atoms with van der Waals surface area (Å²) < 4.78 is 4.99. The number of amides is 1. The molecule has 6 nitrogen and oxygen atoms in total. The van der Waals surface area contributed by atoms with Crippen molar-refractivity contribution in [3.05, 3.63) is 35.9 Å². The Labute approximate surface area is 140 Å². The molecule has 1 aliphatic rings. The minimum absolute atomic E-state index is 0.108. The van der Waals surface area contributed by atoms with E-state index in [1.54, 1.807) is 37.3 Å². The van der Waals surface area contributed by atoms with Crippen LogP contribution in [0.1, 0.15) is 36.5 Å². The largest absolute Gasteiger partial charge is 0.466 e. The SMILES string of the molecule is CCOC(=O)[C@@H](CC(=O)c1ccccc1)CC(=O)C1CCNC1=O. The third kappa shape index (κ3) is 4.50. The number of ketones is 2. The van der Waals surface area contributed by atoms with Gasteiger partial charge < -0.3 is 10.1 Å². The first-order valence-corrected chi connectivity index (χ1v) is 8.08. The number of Topliss-reactive ketones (excluding diaryl/α,β-unsaturated/α-hetero) is 2. The van der Waals surface area contributed by atoms with Crippen molar-refractivity contribution in [3.8, 4) is 0 Å². The molecule has 128 valence electrons. The van der Waals surface area contributed by atoms with E-state index in [1.165, 1.54) is 0 Å². The first kappa shape index (κ1) is 17.8.